The summed E-state index contributed by atoms with van der Waals surface area (Å²) in [5, 5.41) is 0.366. The lowest BCUT2D eigenvalue weighted by Gasteiger charge is -2.19. The Morgan fingerprint density at radius 1 is 1.43 bits per heavy atom. The van der Waals surface area contributed by atoms with E-state index in [1.54, 1.807) is 36.0 Å². The van der Waals surface area contributed by atoms with Gasteiger partial charge in [0.25, 0.3) is 0 Å². The van der Waals surface area contributed by atoms with Gasteiger partial charge in [-0.05, 0) is 24.7 Å². The Bertz CT molecular complexity index is 616. The van der Waals surface area contributed by atoms with E-state index in [1.165, 1.54) is 0 Å². The Labute approximate surface area is 135 Å². The fraction of sp³-hybridized carbons (Fsp3) is 0.500. The van der Waals surface area contributed by atoms with Crippen LogP contribution in [0.25, 0.3) is 0 Å². The van der Waals surface area contributed by atoms with Crippen LogP contribution in [0.15, 0.2) is 24.3 Å². The first-order chi connectivity index (χ1) is 9.93. The number of sulfonamides is 1. The maximum Gasteiger partial charge on any atom is 0.216 e. The number of rotatable bonds is 6. The second-order valence-electron chi connectivity index (χ2n) is 5.21. The lowest BCUT2D eigenvalue weighted by Crippen LogP contribution is -2.39. The molecule has 7 heteroatoms. The lowest BCUT2D eigenvalue weighted by atomic mass is 10.1. The van der Waals surface area contributed by atoms with Gasteiger partial charge in [-0.15, -0.1) is 0 Å². The molecule has 0 spiro atoms. The van der Waals surface area contributed by atoms with Gasteiger partial charge in [0.2, 0.25) is 10.0 Å². The molecule has 3 N–H and O–H groups in total. The van der Waals surface area contributed by atoms with Crippen LogP contribution in [-0.4, -0.2) is 31.0 Å². The van der Waals surface area contributed by atoms with Gasteiger partial charge >= 0.3 is 0 Å². The number of hydrogen-bond donors (Lipinski definition) is 2. The van der Waals surface area contributed by atoms with Crippen LogP contribution in [0.5, 0.6) is 0 Å². The Balaban J connectivity index is 2.13. The summed E-state index contributed by atoms with van der Waals surface area (Å²) in [7, 11) is -3.40. The first kappa shape index (κ1) is 16.7. The van der Waals surface area contributed by atoms with Crippen molar-refractivity contribution in [2.75, 3.05) is 6.26 Å². The van der Waals surface area contributed by atoms with Crippen molar-refractivity contribution in [1.82, 2.24) is 4.72 Å². The van der Waals surface area contributed by atoms with E-state index in [9.17, 15) is 8.42 Å². The number of nitrogens with one attached hydrogen (secondary N) is 1. The first-order valence-corrected chi connectivity index (χ1v) is 10.2. The van der Waals surface area contributed by atoms with Crippen LogP contribution in [0.3, 0.4) is 0 Å². The Hall–Kier alpha value is -0.630. The van der Waals surface area contributed by atoms with Crippen molar-refractivity contribution in [3.63, 3.8) is 0 Å². The average Bonchev–Trinajstić information content (AvgIpc) is 2.84. The van der Waals surface area contributed by atoms with Gasteiger partial charge in [0, 0.05) is 16.9 Å². The molecule has 2 rings (SSSR count). The second kappa shape index (κ2) is 7.09. The summed E-state index contributed by atoms with van der Waals surface area (Å²) in [4.78, 5) is 0.226. The molecule has 0 heterocycles. The van der Waals surface area contributed by atoms with Crippen LogP contribution in [0.2, 0.25) is 0 Å². The predicted molar refractivity (Wildman–Crippen MR) is 93.0 cm³/mol. The second-order valence-corrected chi connectivity index (χ2v) is 8.48. The third-order valence-corrected chi connectivity index (χ3v) is 6.46. The van der Waals surface area contributed by atoms with Crippen molar-refractivity contribution in [1.29, 1.82) is 0 Å². The standard InChI is InChI=1S/C14H20N2O2S3/c1-20-13-8-4-7-12(13)16-21(17,18)9-10-5-2-3-6-11(10)14(15)19/h2-3,5-6,12-13,16H,4,7-9H2,1H3,(H2,15,19). The molecule has 0 radical (unpaired) electrons. The zero-order valence-electron chi connectivity index (χ0n) is 11.9. The largest absolute Gasteiger partial charge is 0.389 e. The predicted octanol–water partition coefficient (Wildman–Crippen LogP) is 2.02. The molecular weight excluding hydrogens is 324 g/mol. The quantitative estimate of drug-likeness (QED) is 0.773. The maximum absolute atomic E-state index is 12.4. The van der Waals surface area contributed by atoms with Gasteiger partial charge in [-0.3, -0.25) is 0 Å². The van der Waals surface area contributed by atoms with Crippen molar-refractivity contribution < 1.29 is 8.42 Å². The third-order valence-electron chi connectivity index (χ3n) is 3.71. The fourth-order valence-corrected chi connectivity index (χ4v) is 5.41. The normalized spacial score (nSPS) is 22.3. The van der Waals surface area contributed by atoms with Crippen LogP contribution in [0.1, 0.15) is 30.4 Å². The van der Waals surface area contributed by atoms with Gasteiger partial charge in [-0.1, -0.05) is 42.9 Å². The minimum atomic E-state index is -3.40. The molecule has 0 bridgehead atoms. The van der Waals surface area contributed by atoms with Crippen LogP contribution >= 0.6 is 24.0 Å². The molecule has 2 unspecified atom stereocenters. The van der Waals surface area contributed by atoms with Crippen molar-refractivity contribution >= 4 is 39.0 Å². The summed E-state index contributed by atoms with van der Waals surface area (Å²) in [6, 6.07) is 7.15. The topological polar surface area (TPSA) is 72.2 Å². The van der Waals surface area contributed by atoms with Gasteiger partial charge in [-0.2, -0.15) is 11.8 Å². The number of hydrogen-bond acceptors (Lipinski definition) is 4. The van der Waals surface area contributed by atoms with Crippen LogP contribution in [0.4, 0.5) is 0 Å². The van der Waals surface area contributed by atoms with Gasteiger partial charge < -0.3 is 5.73 Å². The molecule has 1 saturated carbocycles. The van der Waals surface area contributed by atoms with E-state index in [0.717, 1.165) is 19.3 Å². The molecule has 1 aliphatic rings. The lowest BCUT2D eigenvalue weighted by molar-refractivity contribution is 0.554. The summed E-state index contributed by atoms with van der Waals surface area (Å²) in [5.74, 6) is -0.0852. The van der Waals surface area contributed by atoms with Crippen molar-refractivity contribution in [2.45, 2.75) is 36.3 Å². The summed E-state index contributed by atoms with van der Waals surface area (Å²) in [6.07, 6.45) is 5.07. The smallest absolute Gasteiger partial charge is 0.216 e. The van der Waals surface area contributed by atoms with Crippen molar-refractivity contribution in [2.24, 2.45) is 5.73 Å². The molecule has 116 valence electrons. The Morgan fingerprint density at radius 2 is 2.14 bits per heavy atom. The highest BCUT2D eigenvalue weighted by molar-refractivity contribution is 7.99. The van der Waals surface area contributed by atoms with E-state index in [0.29, 0.717) is 16.4 Å². The third kappa shape index (κ3) is 4.42. The van der Waals surface area contributed by atoms with Gasteiger partial charge in [-0.25, -0.2) is 13.1 Å². The zero-order valence-corrected chi connectivity index (χ0v) is 14.4. The van der Waals surface area contributed by atoms with Crippen molar-refractivity contribution in [3.8, 4) is 0 Å². The average molecular weight is 345 g/mol. The molecule has 1 aromatic carbocycles. The van der Waals surface area contributed by atoms with Crippen LogP contribution in [-0.2, 0) is 15.8 Å². The summed E-state index contributed by atoms with van der Waals surface area (Å²) in [5.41, 5.74) is 6.93. The van der Waals surface area contributed by atoms with E-state index >= 15 is 0 Å². The first-order valence-electron chi connectivity index (χ1n) is 6.83. The minimum absolute atomic E-state index is 0.0296. The minimum Gasteiger partial charge on any atom is -0.389 e. The fourth-order valence-electron chi connectivity index (χ4n) is 2.71. The number of thioether (sulfide) groups is 1. The van der Waals surface area contributed by atoms with E-state index < -0.39 is 10.0 Å². The maximum atomic E-state index is 12.4. The Morgan fingerprint density at radius 3 is 2.81 bits per heavy atom. The highest BCUT2D eigenvalue weighted by Gasteiger charge is 2.30. The van der Waals surface area contributed by atoms with Crippen molar-refractivity contribution in [3.05, 3.63) is 35.4 Å². The number of benzene rings is 1. The molecule has 2 atom stereocenters. The van der Waals surface area contributed by atoms with E-state index in [-0.39, 0.29) is 16.8 Å². The molecule has 1 fully saturated rings. The Kier molecular flexibility index (Phi) is 5.65. The molecule has 0 saturated heterocycles. The van der Waals surface area contributed by atoms with Gasteiger partial charge in [0.15, 0.2) is 0 Å². The highest BCUT2D eigenvalue weighted by Crippen LogP contribution is 2.29. The number of thiocarbonyl (C=S) groups is 1. The molecule has 0 amide bonds. The zero-order chi connectivity index (χ0) is 15.5. The molecule has 4 nitrogen and oxygen atoms in total. The molecule has 1 aliphatic carbocycles. The van der Waals surface area contributed by atoms with E-state index in [1.807, 2.05) is 6.26 Å². The van der Waals surface area contributed by atoms with Crippen LogP contribution in [0, 0.1) is 0 Å². The molecule has 21 heavy (non-hydrogen) atoms. The molecule has 0 aliphatic heterocycles. The van der Waals surface area contributed by atoms with E-state index in [4.69, 9.17) is 18.0 Å². The van der Waals surface area contributed by atoms with E-state index in [2.05, 4.69) is 4.72 Å². The molecule has 1 aromatic rings. The SMILES string of the molecule is CSC1CCCC1NS(=O)(=O)Cc1ccccc1C(N)=S. The van der Waals surface area contributed by atoms with Gasteiger partial charge in [0.05, 0.1) is 5.75 Å². The van der Waals surface area contributed by atoms with Crippen LogP contribution < -0.4 is 10.5 Å². The molecule has 0 aromatic heterocycles. The summed E-state index contributed by atoms with van der Waals surface area (Å²) >= 11 is 6.71. The van der Waals surface area contributed by atoms with Gasteiger partial charge in [0.1, 0.15) is 4.99 Å². The summed E-state index contributed by atoms with van der Waals surface area (Å²) in [6.45, 7) is 0. The highest BCUT2D eigenvalue weighted by atomic mass is 32.2. The number of nitrogens with two attached hydrogens (primary N) is 1. The molecular formula is C14H20N2O2S3. The monoisotopic (exact) mass is 344 g/mol. The summed E-state index contributed by atoms with van der Waals surface area (Å²) < 4.78 is 27.6.